The Labute approximate surface area is 158 Å². The highest BCUT2D eigenvalue weighted by Crippen LogP contribution is 2.34. The maximum Gasteiger partial charge on any atom is 0.258 e. The van der Waals surface area contributed by atoms with E-state index in [0.717, 1.165) is 21.2 Å². The number of rotatable bonds is 4. The first-order chi connectivity index (χ1) is 13.0. The molecule has 0 atom stereocenters. The number of benzene rings is 1. The fourth-order valence-corrected chi connectivity index (χ4v) is 3.82. The average Bonchev–Trinajstić information content (AvgIpc) is 3.31. The molecule has 2 N–H and O–H groups in total. The van der Waals surface area contributed by atoms with E-state index in [-0.39, 0.29) is 5.91 Å². The molecule has 4 aromatic rings. The van der Waals surface area contributed by atoms with E-state index in [1.165, 1.54) is 28.1 Å². The molecule has 134 valence electrons. The van der Waals surface area contributed by atoms with Crippen molar-refractivity contribution in [2.45, 2.75) is 6.92 Å². The number of fused-ring (bicyclic) bond motifs is 1. The van der Waals surface area contributed by atoms with Crippen molar-refractivity contribution in [1.29, 1.82) is 0 Å². The van der Waals surface area contributed by atoms with E-state index in [4.69, 9.17) is 5.73 Å². The van der Waals surface area contributed by atoms with Gasteiger partial charge in [0.1, 0.15) is 0 Å². The highest BCUT2D eigenvalue weighted by Gasteiger charge is 2.15. The van der Waals surface area contributed by atoms with Gasteiger partial charge in [-0.2, -0.15) is 9.89 Å². The molecule has 27 heavy (non-hydrogen) atoms. The number of nitrogens with zero attached hydrogens (tertiary/aromatic N) is 4. The Hall–Kier alpha value is -3.52. The van der Waals surface area contributed by atoms with Crippen LogP contribution in [-0.4, -0.2) is 26.7 Å². The summed E-state index contributed by atoms with van der Waals surface area (Å²) in [4.78, 5) is 29.8. The van der Waals surface area contributed by atoms with Crippen LogP contribution in [0.15, 0.2) is 61.2 Å². The molecule has 8 heteroatoms. The molecule has 0 aliphatic rings. The van der Waals surface area contributed by atoms with Crippen molar-refractivity contribution >= 4 is 38.9 Å². The van der Waals surface area contributed by atoms with Crippen LogP contribution in [-0.2, 0) is 4.79 Å². The van der Waals surface area contributed by atoms with Gasteiger partial charge < -0.3 is 5.73 Å². The topological polar surface area (TPSA) is 94.1 Å². The predicted molar refractivity (Wildman–Crippen MR) is 104 cm³/mol. The second-order valence-electron chi connectivity index (χ2n) is 5.88. The van der Waals surface area contributed by atoms with Crippen LogP contribution in [0.3, 0.4) is 0 Å². The lowest BCUT2D eigenvalue weighted by molar-refractivity contribution is -0.117. The molecule has 7 nitrogen and oxygen atoms in total. The third-order valence-electron chi connectivity index (χ3n) is 4.11. The van der Waals surface area contributed by atoms with Gasteiger partial charge in [0, 0.05) is 36.5 Å². The zero-order valence-corrected chi connectivity index (χ0v) is 15.2. The standard InChI is InChI=1S/C19H15N5O2S/c1-12(25)24(23-8-2-7-22-23)14-5-3-13(4-6-14)16-10-21-11-18-15(16)9-17(27-18)19(20)26/h2-11H,1H3,(H2,20,26). The van der Waals surface area contributed by atoms with Gasteiger partial charge in [0.05, 0.1) is 21.5 Å². The van der Waals surface area contributed by atoms with Gasteiger partial charge in [-0.05, 0) is 29.8 Å². The van der Waals surface area contributed by atoms with Crippen molar-refractivity contribution in [2.24, 2.45) is 5.73 Å². The van der Waals surface area contributed by atoms with Crippen LogP contribution in [0.1, 0.15) is 16.6 Å². The van der Waals surface area contributed by atoms with Gasteiger partial charge in [0.15, 0.2) is 0 Å². The fraction of sp³-hybridized carbons (Fsp3) is 0.0526. The van der Waals surface area contributed by atoms with Gasteiger partial charge in [0.2, 0.25) is 5.91 Å². The minimum absolute atomic E-state index is 0.154. The lowest BCUT2D eigenvalue weighted by atomic mass is 10.0. The molecule has 0 fully saturated rings. The number of aromatic nitrogens is 3. The lowest BCUT2D eigenvalue weighted by Gasteiger charge is -2.21. The molecule has 0 bridgehead atoms. The fourth-order valence-electron chi connectivity index (χ4n) is 2.92. The van der Waals surface area contributed by atoms with Gasteiger partial charge in [-0.25, -0.2) is 5.01 Å². The molecule has 2 amide bonds. The molecule has 0 aliphatic carbocycles. The molecule has 0 spiro atoms. The molecule has 0 radical (unpaired) electrons. The average molecular weight is 377 g/mol. The monoisotopic (exact) mass is 377 g/mol. The number of carbonyl (C=O) groups is 2. The van der Waals surface area contributed by atoms with Crippen molar-refractivity contribution in [1.82, 2.24) is 14.9 Å². The third kappa shape index (κ3) is 3.06. The van der Waals surface area contributed by atoms with E-state index in [2.05, 4.69) is 10.1 Å². The first-order valence-electron chi connectivity index (χ1n) is 8.13. The predicted octanol–water partition coefficient (Wildman–Crippen LogP) is 3.07. The van der Waals surface area contributed by atoms with Gasteiger partial charge >= 0.3 is 0 Å². The molecule has 0 aliphatic heterocycles. The van der Waals surface area contributed by atoms with Gasteiger partial charge in [0.25, 0.3) is 5.91 Å². The Bertz CT molecular complexity index is 1130. The SMILES string of the molecule is CC(=O)N(c1ccc(-c2cncc3sc(C(N)=O)cc23)cc1)n1cccn1. The van der Waals surface area contributed by atoms with Crippen molar-refractivity contribution in [3.63, 3.8) is 0 Å². The molecule has 3 aromatic heterocycles. The number of hydrogen-bond acceptors (Lipinski definition) is 5. The number of nitrogens with two attached hydrogens (primary N) is 1. The number of primary amides is 1. The van der Waals surface area contributed by atoms with Gasteiger partial charge in [-0.15, -0.1) is 11.3 Å². The van der Waals surface area contributed by atoms with Crippen molar-refractivity contribution in [3.8, 4) is 11.1 Å². The van der Waals surface area contributed by atoms with Crippen LogP contribution in [0.2, 0.25) is 0 Å². The van der Waals surface area contributed by atoms with E-state index >= 15 is 0 Å². The van der Waals surface area contributed by atoms with E-state index in [9.17, 15) is 9.59 Å². The van der Waals surface area contributed by atoms with Crippen LogP contribution >= 0.6 is 11.3 Å². The second-order valence-corrected chi connectivity index (χ2v) is 6.96. The first-order valence-corrected chi connectivity index (χ1v) is 8.94. The highest BCUT2D eigenvalue weighted by molar-refractivity contribution is 7.20. The van der Waals surface area contributed by atoms with Crippen LogP contribution < -0.4 is 10.7 Å². The van der Waals surface area contributed by atoms with Crippen LogP contribution in [0.5, 0.6) is 0 Å². The summed E-state index contributed by atoms with van der Waals surface area (Å²) in [5.74, 6) is -0.604. The third-order valence-corrected chi connectivity index (χ3v) is 5.19. The van der Waals surface area contributed by atoms with E-state index in [1.54, 1.807) is 36.9 Å². The number of thiophene rings is 1. The highest BCUT2D eigenvalue weighted by atomic mass is 32.1. The summed E-state index contributed by atoms with van der Waals surface area (Å²) in [5, 5.41) is 6.52. The Kier molecular flexibility index (Phi) is 4.17. The van der Waals surface area contributed by atoms with Crippen LogP contribution in [0.4, 0.5) is 5.69 Å². The first kappa shape index (κ1) is 16.9. The molecule has 0 saturated heterocycles. The molecule has 1 aromatic carbocycles. The maximum absolute atomic E-state index is 12.1. The summed E-state index contributed by atoms with van der Waals surface area (Å²) in [6, 6.07) is 11.1. The Morgan fingerprint density at radius 2 is 1.96 bits per heavy atom. The minimum Gasteiger partial charge on any atom is -0.365 e. The van der Waals surface area contributed by atoms with Crippen molar-refractivity contribution in [2.75, 3.05) is 5.01 Å². The summed E-state index contributed by atoms with van der Waals surface area (Å²) >= 11 is 1.32. The smallest absolute Gasteiger partial charge is 0.258 e. The van der Waals surface area contributed by atoms with Crippen LogP contribution in [0, 0.1) is 0 Å². The van der Waals surface area contributed by atoms with Crippen molar-refractivity contribution < 1.29 is 9.59 Å². The number of carbonyl (C=O) groups excluding carboxylic acids is 2. The Morgan fingerprint density at radius 1 is 1.19 bits per heavy atom. The number of amides is 2. The zero-order chi connectivity index (χ0) is 19.0. The normalized spacial score (nSPS) is 10.9. The van der Waals surface area contributed by atoms with E-state index < -0.39 is 5.91 Å². The summed E-state index contributed by atoms with van der Waals surface area (Å²) in [6.45, 7) is 1.48. The Balaban J connectivity index is 1.75. The van der Waals surface area contributed by atoms with Crippen LogP contribution in [0.25, 0.3) is 21.2 Å². The molecule has 0 unspecified atom stereocenters. The van der Waals surface area contributed by atoms with E-state index in [1.807, 2.05) is 24.3 Å². The Morgan fingerprint density at radius 3 is 2.59 bits per heavy atom. The zero-order valence-electron chi connectivity index (χ0n) is 14.4. The largest absolute Gasteiger partial charge is 0.365 e. The van der Waals surface area contributed by atoms with Gasteiger partial charge in [-0.3, -0.25) is 14.6 Å². The van der Waals surface area contributed by atoms with E-state index in [0.29, 0.717) is 10.6 Å². The summed E-state index contributed by atoms with van der Waals surface area (Å²) in [6.07, 6.45) is 6.80. The number of pyridine rings is 1. The minimum atomic E-state index is -0.450. The molecule has 3 heterocycles. The number of anilines is 1. The molecule has 4 rings (SSSR count). The summed E-state index contributed by atoms with van der Waals surface area (Å²) < 4.78 is 0.896. The molecular weight excluding hydrogens is 362 g/mol. The molecular formula is C19H15N5O2S. The van der Waals surface area contributed by atoms with Gasteiger partial charge in [-0.1, -0.05) is 12.1 Å². The molecule has 0 saturated carbocycles. The summed E-state index contributed by atoms with van der Waals surface area (Å²) in [7, 11) is 0. The number of hydrogen-bond donors (Lipinski definition) is 1. The lowest BCUT2D eigenvalue weighted by Crippen LogP contribution is -2.34. The summed E-state index contributed by atoms with van der Waals surface area (Å²) in [5.41, 5.74) is 7.92. The maximum atomic E-state index is 12.1. The quantitative estimate of drug-likeness (QED) is 0.591. The van der Waals surface area contributed by atoms with Crippen molar-refractivity contribution in [3.05, 3.63) is 66.1 Å². The second kappa shape index (κ2) is 6.65.